The summed E-state index contributed by atoms with van der Waals surface area (Å²) < 4.78 is 16.3. The number of likely N-dealkylation sites (tertiary alicyclic amines) is 1. The number of aromatic nitrogens is 2. The molecule has 0 saturated carbocycles. The normalized spacial score (nSPS) is 15.9. The van der Waals surface area contributed by atoms with Gasteiger partial charge in [0, 0.05) is 19.0 Å². The number of ether oxygens (including phenoxy) is 2. The van der Waals surface area contributed by atoms with Gasteiger partial charge in [0.1, 0.15) is 11.5 Å². The van der Waals surface area contributed by atoms with Crippen molar-refractivity contribution >= 4 is 5.91 Å². The Bertz CT molecular complexity index is 1000. The lowest BCUT2D eigenvalue weighted by Gasteiger charge is -2.16. The fourth-order valence-electron chi connectivity index (χ4n) is 3.54. The molecule has 0 radical (unpaired) electrons. The molecule has 0 spiro atoms. The molecular formula is C23H25N3O4. The third-order valence-corrected chi connectivity index (χ3v) is 5.26. The zero-order valence-electron chi connectivity index (χ0n) is 17.2. The monoisotopic (exact) mass is 407 g/mol. The van der Waals surface area contributed by atoms with Crippen molar-refractivity contribution in [2.75, 3.05) is 20.2 Å². The lowest BCUT2D eigenvalue weighted by molar-refractivity contribution is -0.129. The smallest absolute Gasteiger partial charge is 0.264 e. The highest BCUT2D eigenvalue weighted by molar-refractivity contribution is 5.79. The molecule has 1 fully saturated rings. The molecule has 2 heterocycles. The molecule has 1 unspecified atom stereocenters. The van der Waals surface area contributed by atoms with E-state index in [0.29, 0.717) is 31.2 Å². The SMILES string of the molecule is COc1cccc(CC(=O)N2CCC(c3noc(COc4ccc(C)cc4)n3)C2)c1. The second-order valence-corrected chi connectivity index (χ2v) is 7.50. The quantitative estimate of drug-likeness (QED) is 0.596. The van der Waals surface area contributed by atoms with E-state index in [2.05, 4.69) is 10.1 Å². The van der Waals surface area contributed by atoms with Crippen LogP contribution in [0, 0.1) is 6.92 Å². The van der Waals surface area contributed by atoms with Gasteiger partial charge >= 0.3 is 0 Å². The van der Waals surface area contributed by atoms with Crippen molar-refractivity contribution in [1.29, 1.82) is 0 Å². The molecule has 4 rings (SSSR count). The predicted octanol–water partition coefficient (Wildman–Crippen LogP) is 3.52. The van der Waals surface area contributed by atoms with Crippen molar-refractivity contribution in [3.05, 3.63) is 71.4 Å². The summed E-state index contributed by atoms with van der Waals surface area (Å²) in [5.74, 6) is 2.76. The summed E-state index contributed by atoms with van der Waals surface area (Å²) in [5, 5.41) is 4.10. The maximum Gasteiger partial charge on any atom is 0.264 e. The van der Waals surface area contributed by atoms with Crippen LogP contribution in [-0.2, 0) is 17.8 Å². The van der Waals surface area contributed by atoms with Gasteiger partial charge in [-0.3, -0.25) is 4.79 Å². The average Bonchev–Trinajstić information content (AvgIpc) is 3.43. The Kier molecular flexibility index (Phi) is 5.97. The number of hydrogen-bond donors (Lipinski definition) is 0. The predicted molar refractivity (Wildman–Crippen MR) is 110 cm³/mol. The lowest BCUT2D eigenvalue weighted by atomic mass is 10.1. The van der Waals surface area contributed by atoms with E-state index in [1.54, 1.807) is 7.11 Å². The standard InChI is InChI=1S/C23H25N3O4/c1-16-6-8-19(9-7-16)29-15-21-24-23(25-30-21)18-10-11-26(14-18)22(27)13-17-4-3-5-20(12-17)28-2/h3-9,12,18H,10-11,13-15H2,1-2H3. The minimum atomic E-state index is 0.0798. The van der Waals surface area contributed by atoms with Crippen LogP contribution in [0.3, 0.4) is 0 Å². The van der Waals surface area contributed by atoms with E-state index >= 15 is 0 Å². The third kappa shape index (κ3) is 4.79. The molecule has 3 aromatic rings. The average molecular weight is 407 g/mol. The number of aryl methyl sites for hydroxylation is 1. The summed E-state index contributed by atoms with van der Waals surface area (Å²) in [6.07, 6.45) is 1.17. The maximum absolute atomic E-state index is 12.7. The van der Waals surface area contributed by atoms with E-state index in [1.807, 2.05) is 60.4 Å². The van der Waals surface area contributed by atoms with Crippen LogP contribution in [0.4, 0.5) is 0 Å². The van der Waals surface area contributed by atoms with Gasteiger partial charge in [-0.15, -0.1) is 0 Å². The first-order chi connectivity index (χ1) is 14.6. The number of carbonyl (C=O) groups excluding carboxylic acids is 1. The van der Waals surface area contributed by atoms with Crippen LogP contribution in [0.15, 0.2) is 53.1 Å². The van der Waals surface area contributed by atoms with Crippen molar-refractivity contribution in [2.45, 2.75) is 32.3 Å². The molecule has 1 amide bonds. The first-order valence-electron chi connectivity index (χ1n) is 10.0. The minimum absolute atomic E-state index is 0.0798. The molecule has 1 aromatic heterocycles. The Morgan fingerprint density at radius 1 is 1.20 bits per heavy atom. The fourth-order valence-corrected chi connectivity index (χ4v) is 3.54. The molecule has 1 aliphatic heterocycles. The number of methoxy groups -OCH3 is 1. The van der Waals surface area contributed by atoms with Gasteiger partial charge in [0.05, 0.1) is 13.5 Å². The molecule has 156 valence electrons. The first-order valence-corrected chi connectivity index (χ1v) is 10.0. The Morgan fingerprint density at radius 3 is 2.83 bits per heavy atom. The van der Waals surface area contributed by atoms with Gasteiger partial charge in [0.25, 0.3) is 5.89 Å². The summed E-state index contributed by atoms with van der Waals surface area (Å²) in [6.45, 7) is 3.54. The summed E-state index contributed by atoms with van der Waals surface area (Å²) in [5.41, 5.74) is 2.12. The molecule has 1 atom stereocenters. The molecule has 0 aliphatic carbocycles. The van der Waals surface area contributed by atoms with Gasteiger partial charge in [-0.2, -0.15) is 4.98 Å². The van der Waals surface area contributed by atoms with Crippen LogP contribution in [0.2, 0.25) is 0 Å². The van der Waals surface area contributed by atoms with E-state index in [-0.39, 0.29) is 18.4 Å². The Balaban J connectivity index is 1.30. The summed E-state index contributed by atoms with van der Waals surface area (Å²) in [6, 6.07) is 15.4. The summed E-state index contributed by atoms with van der Waals surface area (Å²) >= 11 is 0. The van der Waals surface area contributed by atoms with Crippen molar-refractivity contribution in [1.82, 2.24) is 15.0 Å². The minimum Gasteiger partial charge on any atom is -0.497 e. The van der Waals surface area contributed by atoms with E-state index in [0.717, 1.165) is 23.5 Å². The number of carbonyl (C=O) groups is 1. The molecule has 7 heteroatoms. The van der Waals surface area contributed by atoms with Crippen LogP contribution in [-0.4, -0.2) is 41.1 Å². The molecule has 1 saturated heterocycles. The number of amides is 1. The first kappa shape index (κ1) is 19.9. The van der Waals surface area contributed by atoms with Crippen LogP contribution < -0.4 is 9.47 Å². The second-order valence-electron chi connectivity index (χ2n) is 7.50. The highest BCUT2D eigenvalue weighted by Crippen LogP contribution is 2.26. The Labute approximate surface area is 175 Å². The topological polar surface area (TPSA) is 77.7 Å². The maximum atomic E-state index is 12.7. The van der Waals surface area contributed by atoms with Gasteiger partial charge in [0.2, 0.25) is 5.91 Å². The summed E-state index contributed by atoms with van der Waals surface area (Å²) in [7, 11) is 1.62. The van der Waals surface area contributed by atoms with Gasteiger partial charge < -0.3 is 18.9 Å². The highest BCUT2D eigenvalue weighted by Gasteiger charge is 2.30. The zero-order chi connectivity index (χ0) is 20.9. The zero-order valence-corrected chi connectivity index (χ0v) is 17.2. The molecule has 0 bridgehead atoms. The van der Waals surface area contributed by atoms with Gasteiger partial charge in [-0.05, 0) is 43.2 Å². The molecular weight excluding hydrogens is 382 g/mol. The van der Waals surface area contributed by atoms with Crippen molar-refractivity contribution in [3.63, 3.8) is 0 Å². The van der Waals surface area contributed by atoms with E-state index < -0.39 is 0 Å². The molecule has 2 aromatic carbocycles. The van der Waals surface area contributed by atoms with Crippen LogP contribution in [0.5, 0.6) is 11.5 Å². The fraction of sp³-hybridized carbons (Fsp3) is 0.348. The third-order valence-electron chi connectivity index (χ3n) is 5.26. The van der Waals surface area contributed by atoms with E-state index in [1.165, 1.54) is 5.56 Å². The number of hydrogen-bond acceptors (Lipinski definition) is 6. The highest BCUT2D eigenvalue weighted by atomic mass is 16.5. The molecule has 7 nitrogen and oxygen atoms in total. The van der Waals surface area contributed by atoms with Gasteiger partial charge in [-0.25, -0.2) is 0 Å². The number of rotatable bonds is 7. The van der Waals surface area contributed by atoms with Crippen molar-refractivity contribution in [3.8, 4) is 11.5 Å². The molecule has 1 aliphatic rings. The summed E-state index contributed by atoms with van der Waals surface area (Å²) in [4.78, 5) is 19.0. The van der Waals surface area contributed by atoms with Crippen LogP contribution in [0.25, 0.3) is 0 Å². The second kappa shape index (κ2) is 8.98. The van der Waals surface area contributed by atoms with Crippen LogP contribution >= 0.6 is 0 Å². The lowest BCUT2D eigenvalue weighted by Crippen LogP contribution is -2.30. The van der Waals surface area contributed by atoms with Gasteiger partial charge in [-0.1, -0.05) is 35.0 Å². The van der Waals surface area contributed by atoms with E-state index in [9.17, 15) is 4.79 Å². The molecule has 0 N–H and O–H groups in total. The molecule has 30 heavy (non-hydrogen) atoms. The van der Waals surface area contributed by atoms with Crippen molar-refractivity contribution in [2.24, 2.45) is 0 Å². The van der Waals surface area contributed by atoms with Crippen LogP contribution in [0.1, 0.15) is 35.2 Å². The Morgan fingerprint density at radius 2 is 2.03 bits per heavy atom. The Hall–Kier alpha value is -3.35. The number of benzene rings is 2. The van der Waals surface area contributed by atoms with E-state index in [4.69, 9.17) is 14.0 Å². The van der Waals surface area contributed by atoms with Gasteiger partial charge in [0.15, 0.2) is 12.4 Å². The number of nitrogens with zero attached hydrogens (tertiary/aromatic N) is 3. The largest absolute Gasteiger partial charge is 0.497 e. The van der Waals surface area contributed by atoms with Crippen molar-refractivity contribution < 1.29 is 18.8 Å².